The van der Waals surface area contributed by atoms with Gasteiger partial charge < -0.3 is 9.67 Å². The molecule has 0 unspecified atom stereocenters. The molecule has 6 nitrogen and oxygen atoms in total. The largest absolute Gasteiger partial charge is 0.507 e. The lowest BCUT2D eigenvalue weighted by Crippen LogP contribution is -2.17. The van der Waals surface area contributed by atoms with E-state index in [9.17, 15) is 5.11 Å². The number of para-hydroxylation sites is 5. The number of rotatable bonds is 10. The highest BCUT2D eigenvalue weighted by molar-refractivity contribution is 6.20. The molecule has 0 bridgehead atoms. The first-order valence-corrected chi connectivity index (χ1v) is 27.5. The molecular weight excluding hydrogens is 927 g/mol. The fraction of sp³-hybridized carbons (Fsp3) is 0.286. The number of phenols is 1. The van der Waals surface area contributed by atoms with Crippen LogP contribution < -0.4 is 0 Å². The highest BCUT2D eigenvalue weighted by Gasteiger charge is 2.31. The topological polar surface area (TPSA) is 60.8 Å². The third kappa shape index (κ3) is 8.32. The maximum atomic E-state index is 12.7. The number of aromatic hydroxyl groups is 1. The minimum Gasteiger partial charge on any atom is -0.507 e. The summed E-state index contributed by atoms with van der Waals surface area (Å²) in [4.78, 5) is 11.5. The van der Waals surface area contributed by atoms with Crippen LogP contribution in [-0.2, 0) is 10.8 Å². The van der Waals surface area contributed by atoms with E-state index in [2.05, 4.69) is 268 Å². The van der Waals surface area contributed by atoms with Crippen molar-refractivity contribution in [2.45, 2.75) is 131 Å². The lowest BCUT2D eigenvalue weighted by molar-refractivity contribution is 0.446. The Morgan fingerprint density at radius 3 is 1.59 bits per heavy atom. The molecule has 0 fully saturated rings. The zero-order chi connectivity index (χ0) is 53.7. The number of imidazole rings is 2. The zero-order valence-corrected chi connectivity index (χ0v) is 47.0. The van der Waals surface area contributed by atoms with Crippen molar-refractivity contribution in [1.82, 2.24) is 23.7 Å². The highest BCUT2D eigenvalue weighted by Crippen LogP contribution is 2.48. The predicted molar refractivity (Wildman–Crippen MR) is 322 cm³/mol. The maximum absolute atomic E-state index is 12.7. The molecule has 3 aromatic heterocycles. The molecule has 3 heterocycles. The van der Waals surface area contributed by atoms with Crippen molar-refractivity contribution < 1.29 is 5.11 Å². The lowest BCUT2D eigenvalue weighted by atomic mass is 9.79. The molecule has 0 aliphatic rings. The maximum Gasteiger partial charge on any atom is 0.149 e. The molecule has 6 heteroatoms. The summed E-state index contributed by atoms with van der Waals surface area (Å²) in [5.74, 6) is 2.84. The number of nitrogens with zero attached hydrogens (tertiary/aromatic N) is 5. The Morgan fingerprint density at radius 1 is 0.434 bits per heavy atom. The number of fused-ring (bicyclic) bond motifs is 6. The van der Waals surface area contributed by atoms with E-state index in [1.807, 2.05) is 0 Å². The fourth-order valence-electron chi connectivity index (χ4n) is 11.8. The van der Waals surface area contributed by atoms with Gasteiger partial charge in [-0.25, -0.2) is 9.97 Å². The Bertz CT molecular complexity index is 3980. The first kappa shape index (κ1) is 50.5. The van der Waals surface area contributed by atoms with Crippen LogP contribution in [0.3, 0.4) is 0 Å². The summed E-state index contributed by atoms with van der Waals surface area (Å²) in [6, 6.07) is 57.5. The Morgan fingerprint density at radius 2 is 0.987 bits per heavy atom. The van der Waals surface area contributed by atoms with E-state index in [1.54, 1.807) is 0 Å². The van der Waals surface area contributed by atoms with Crippen molar-refractivity contribution in [1.29, 1.82) is 0 Å². The van der Waals surface area contributed by atoms with E-state index in [1.165, 1.54) is 38.7 Å². The summed E-state index contributed by atoms with van der Waals surface area (Å²) in [5.41, 5.74) is 20.0. The monoisotopic (exact) mass is 1000 g/mol. The molecule has 0 atom stereocenters. The van der Waals surface area contributed by atoms with Crippen LogP contribution in [0.15, 0.2) is 158 Å². The van der Waals surface area contributed by atoms with Gasteiger partial charge in [0.15, 0.2) is 0 Å². The Hall–Kier alpha value is -7.70. The third-order valence-electron chi connectivity index (χ3n) is 15.7. The van der Waals surface area contributed by atoms with Gasteiger partial charge in [-0.1, -0.05) is 206 Å². The van der Waals surface area contributed by atoms with Gasteiger partial charge in [0.1, 0.15) is 17.4 Å². The van der Waals surface area contributed by atoms with Crippen LogP contribution in [0.1, 0.15) is 154 Å². The van der Waals surface area contributed by atoms with Crippen LogP contribution in [0, 0.1) is 0 Å². The number of hydrogen-bond donors (Lipinski definition) is 1. The van der Waals surface area contributed by atoms with Crippen LogP contribution in [0.2, 0.25) is 0 Å². The van der Waals surface area contributed by atoms with Crippen LogP contribution in [0.25, 0.3) is 94.8 Å². The SMILES string of the molecule is CC(C)c1cccc(C(C)C)c1-n1c(-c2cc(C(C)(C)C)cc(C(C)(C)C)c2O)nc2c(-c3cccc(-c4nc5ccc6c(c7ccccc7n6-c6ccccc6)c5n4-c4c(C(C)C)cccc4C(C)C)c3)cccc21. The van der Waals surface area contributed by atoms with Crippen LogP contribution in [-0.4, -0.2) is 28.8 Å². The van der Waals surface area contributed by atoms with Gasteiger partial charge in [0.2, 0.25) is 0 Å². The molecule has 11 rings (SSSR count). The summed E-state index contributed by atoms with van der Waals surface area (Å²) in [6.45, 7) is 31.6. The molecule has 0 saturated heterocycles. The van der Waals surface area contributed by atoms with E-state index in [0.717, 1.165) is 89.5 Å². The minimum atomic E-state index is -0.325. The molecule has 0 spiro atoms. The molecule has 0 saturated carbocycles. The lowest BCUT2D eigenvalue weighted by Gasteiger charge is -2.28. The smallest absolute Gasteiger partial charge is 0.149 e. The molecule has 11 aromatic rings. The van der Waals surface area contributed by atoms with Gasteiger partial charge in [0.05, 0.1) is 50.0 Å². The van der Waals surface area contributed by atoms with Crippen molar-refractivity contribution in [3.05, 3.63) is 191 Å². The van der Waals surface area contributed by atoms with E-state index in [0.29, 0.717) is 0 Å². The van der Waals surface area contributed by atoms with Crippen molar-refractivity contribution in [3.63, 3.8) is 0 Å². The first-order chi connectivity index (χ1) is 36.2. The van der Waals surface area contributed by atoms with Crippen LogP contribution in [0.4, 0.5) is 0 Å². The van der Waals surface area contributed by atoms with Gasteiger partial charge in [-0.05, 0) is 116 Å². The first-order valence-electron chi connectivity index (χ1n) is 27.5. The summed E-state index contributed by atoms with van der Waals surface area (Å²) >= 11 is 0. The van der Waals surface area contributed by atoms with Gasteiger partial charge in [-0.3, -0.25) is 9.13 Å². The predicted octanol–water partition coefficient (Wildman–Crippen LogP) is 19.3. The van der Waals surface area contributed by atoms with Gasteiger partial charge >= 0.3 is 0 Å². The van der Waals surface area contributed by atoms with Crippen molar-refractivity contribution >= 4 is 43.9 Å². The van der Waals surface area contributed by atoms with Gasteiger partial charge in [0, 0.05) is 33.2 Å². The number of phenolic OH excluding ortho intramolecular Hbond substituents is 1. The van der Waals surface area contributed by atoms with Crippen molar-refractivity contribution in [3.8, 4) is 56.7 Å². The quantitative estimate of drug-likeness (QED) is 0.148. The average Bonchev–Trinajstić information content (AvgIpc) is 4.14. The molecule has 0 radical (unpaired) electrons. The molecule has 76 heavy (non-hydrogen) atoms. The highest BCUT2D eigenvalue weighted by atomic mass is 16.3. The average molecular weight is 1000 g/mol. The second-order valence-corrected chi connectivity index (χ2v) is 24.4. The summed E-state index contributed by atoms with van der Waals surface area (Å²) in [6.07, 6.45) is 0. The Balaban J connectivity index is 1.23. The number of hydrogen-bond acceptors (Lipinski definition) is 3. The summed E-state index contributed by atoms with van der Waals surface area (Å²) < 4.78 is 7.28. The standard InChI is InChI=1S/C70H73N5O/c1-41(2)49-29-21-30-50(42(3)4)63(49)74-60-35-23-33-53(62(60)72-68(74)55-39-47(69(9,10)11)40-56(66(55)76)70(12,13)14)45-24-20-25-46(38-45)67-71-57-36-37-59-61(54-28-18-19-34-58(54)73(59)48-26-16-15-17-27-48)65(57)75(67)64-51(43(5)6)31-22-32-52(64)44(7)8/h15-44,76H,1-14H3. The van der Waals surface area contributed by atoms with E-state index in [4.69, 9.17) is 9.97 Å². The van der Waals surface area contributed by atoms with E-state index in [-0.39, 0.29) is 40.3 Å². The molecule has 0 amide bonds. The molecule has 0 aliphatic carbocycles. The van der Waals surface area contributed by atoms with Gasteiger partial charge in [0.25, 0.3) is 0 Å². The van der Waals surface area contributed by atoms with Crippen molar-refractivity contribution in [2.75, 3.05) is 0 Å². The van der Waals surface area contributed by atoms with Crippen molar-refractivity contribution in [2.24, 2.45) is 0 Å². The molecular formula is C70H73N5O. The third-order valence-corrected chi connectivity index (χ3v) is 15.7. The summed E-state index contributed by atoms with van der Waals surface area (Å²) in [5, 5.41) is 15.0. The molecule has 1 N–H and O–H groups in total. The molecule has 384 valence electrons. The second kappa shape index (κ2) is 18.8. The normalized spacial score (nSPS) is 12.6. The Labute approximate surface area is 449 Å². The van der Waals surface area contributed by atoms with Crippen LogP contribution >= 0.6 is 0 Å². The zero-order valence-electron chi connectivity index (χ0n) is 47.0. The van der Waals surface area contributed by atoms with E-state index < -0.39 is 0 Å². The second-order valence-electron chi connectivity index (χ2n) is 24.4. The number of benzene rings is 8. The molecule has 8 aromatic carbocycles. The van der Waals surface area contributed by atoms with Gasteiger partial charge in [-0.15, -0.1) is 0 Å². The van der Waals surface area contributed by atoms with Crippen LogP contribution in [0.5, 0.6) is 5.75 Å². The Kier molecular flexibility index (Phi) is 12.5. The number of aromatic nitrogens is 5. The van der Waals surface area contributed by atoms with Gasteiger partial charge in [-0.2, -0.15) is 0 Å². The molecule has 0 aliphatic heterocycles. The minimum absolute atomic E-state index is 0.184. The summed E-state index contributed by atoms with van der Waals surface area (Å²) in [7, 11) is 0. The fourth-order valence-corrected chi connectivity index (χ4v) is 11.8. The van der Waals surface area contributed by atoms with E-state index >= 15 is 0 Å².